The lowest BCUT2D eigenvalue weighted by Crippen LogP contribution is -2.32. The molecule has 0 aliphatic heterocycles. The quantitative estimate of drug-likeness (QED) is 0.115. The summed E-state index contributed by atoms with van der Waals surface area (Å²) in [6.45, 7) is 7.13. The highest BCUT2D eigenvalue weighted by Gasteiger charge is 2.15. The van der Waals surface area contributed by atoms with Gasteiger partial charge < -0.3 is 24.3 Å². The molecule has 0 aromatic heterocycles. The molecule has 0 saturated heterocycles. The number of esters is 1. The summed E-state index contributed by atoms with van der Waals surface area (Å²) in [6.07, 6.45) is 2.22. The van der Waals surface area contributed by atoms with Crippen LogP contribution in [0.5, 0.6) is 23.0 Å². The normalized spacial score (nSPS) is 10.5. The highest BCUT2D eigenvalue weighted by molar-refractivity contribution is 6.39. The van der Waals surface area contributed by atoms with Gasteiger partial charge in [-0.3, -0.25) is 9.59 Å². The first-order chi connectivity index (χ1) is 18.9. The van der Waals surface area contributed by atoms with Gasteiger partial charge in [-0.15, -0.1) is 0 Å². The SMILES string of the molecule is CCCOc1ccc(C(=O)Oc2ccc(C=NNC(=O)C(=O)Nc3ccc(OCC)cc3)cc2OCC)cc1. The third-order valence-corrected chi connectivity index (χ3v) is 5.04. The number of rotatable bonds is 12. The van der Waals surface area contributed by atoms with Gasteiger partial charge in [0.15, 0.2) is 11.5 Å². The van der Waals surface area contributed by atoms with Crippen LogP contribution in [0.2, 0.25) is 0 Å². The second kappa shape index (κ2) is 14.8. The van der Waals surface area contributed by atoms with E-state index in [-0.39, 0.29) is 5.75 Å². The lowest BCUT2D eigenvalue weighted by atomic mass is 10.2. The molecule has 0 unspecified atom stereocenters. The molecule has 10 heteroatoms. The second-order valence-corrected chi connectivity index (χ2v) is 8.01. The van der Waals surface area contributed by atoms with E-state index >= 15 is 0 Å². The Labute approximate surface area is 226 Å². The van der Waals surface area contributed by atoms with E-state index in [1.54, 1.807) is 73.7 Å². The van der Waals surface area contributed by atoms with Gasteiger partial charge in [-0.1, -0.05) is 6.92 Å². The topological polar surface area (TPSA) is 125 Å². The number of benzene rings is 3. The summed E-state index contributed by atoms with van der Waals surface area (Å²) in [5, 5.41) is 6.31. The summed E-state index contributed by atoms with van der Waals surface area (Å²) in [5.74, 6) is -0.497. The van der Waals surface area contributed by atoms with Gasteiger partial charge in [0.25, 0.3) is 0 Å². The molecule has 0 aliphatic carbocycles. The van der Waals surface area contributed by atoms with Crippen LogP contribution < -0.4 is 29.7 Å². The number of carbonyl (C=O) groups excluding carboxylic acids is 3. The van der Waals surface area contributed by atoms with Gasteiger partial charge in [-0.25, -0.2) is 10.2 Å². The van der Waals surface area contributed by atoms with Crippen LogP contribution in [0.25, 0.3) is 0 Å². The summed E-state index contributed by atoms with van der Waals surface area (Å²) in [7, 11) is 0. The summed E-state index contributed by atoms with van der Waals surface area (Å²) in [6, 6.07) is 18.1. The zero-order valence-corrected chi connectivity index (χ0v) is 22.1. The number of nitrogens with zero attached hydrogens (tertiary/aromatic N) is 1. The molecule has 0 heterocycles. The van der Waals surface area contributed by atoms with Crippen molar-refractivity contribution in [1.82, 2.24) is 5.43 Å². The molecule has 3 rings (SSSR count). The Kier molecular flexibility index (Phi) is 10.9. The fourth-order valence-electron chi connectivity index (χ4n) is 3.23. The van der Waals surface area contributed by atoms with Crippen molar-refractivity contribution in [2.75, 3.05) is 25.1 Å². The fourth-order valence-corrected chi connectivity index (χ4v) is 3.23. The minimum atomic E-state index is -0.943. The molecular formula is C29H31N3O7. The molecule has 0 fully saturated rings. The Hall–Kier alpha value is -4.86. The van der Waals surface area contributed by atoms with Crippen molar-refractivity contribution >= 4 is 29.7 Å². The molecule has 0 saturated carbocycles. The smallest absolute Gasteiger partial charge is 0.343 e. The largest absolute Gasteiger partial charge is 0.494 e. The lowest BCUT2D eigenvalue weighted by molar-refractivity contribution is -0.136. The monoisotopic (exact) mass is 533 g/mol. The Morgan fingerprint density at radius 1 is 0.769 bits per heavy atom. The number of hydrogen-bond donors (Lipinski definition) is 2. The number of ether oxygens (including phenoxy) is 4. The van der Waals surface area contributed by atoms with Crippen LogP contribution in [0, 0.1) is 0 Å². The maximum atomic E-state index is 12.6. The van der Waals surface area contributed by atoms with Crippen molar-refractivity contribution in [3.63, 3.8) is 0 Å². The number of carbonyl (C=O) groups is 3. The standard InChI is InChI=1S/C29H31N3O7/c1-4-17-38-24-12-8-21(9-13-24)29(35)39-25-16-7-20(18-26(25)37-6-3)19-30-32-28(34)27(33)31-22-10-14-23(15-11-22)36-5-2/h7-16,18-19H,4-6,17H2,1-3H3,(H,31,33)(H,32,34). The van der Waals surface area contributed by atoms with Crippen molar-refractivity contribution < 1.29 is 33.3 Å². The third-order valence-electron chi connectivity index (χ3n) is 5.04. The van der Waals surface area contributed by atoms with Crippen LogP contribution in [0.1, 0.15) is 43.1 Å². The van der Waals surface area contributed by atoms with Crippen molar-refractivity contribution in [3.8, 4) is 23.0 Å². The summed E-state index contributed by atoms with van der Waals surface area (Å²) >= 11 is 0. The van der Waals surface area contributed by atoms with E-state index in [9.17, 15) is 14.4 Å². The van der Waals surface area contributed by atoms with Crippen LogP contribution in [-0.4, -0.2) is 43.8 Å². The van der Waals surface area contributed by atoms with Crippen LogP contribution in [-0.2, 0) is 9.59 Å². The number of anilines is 1. The van der Waals surface area contributed by atoms with Crippen molar-refractivity contribution in [3.05, 3.63) is 77.9 Å². The average Bonchev–Trinajstić information content (AvgIpc) is 2.94. The van der Waals surface area contributed by atoms with Gasteiger partial charge in [-0.2, -0.15) is 5.10 Å². The molecule has 0 atom stereocenters. The minimum absolute atomic E-state index is 0.226. The minimum Gasteiger partial charge on any atom is -0.494 e. The van der Waals surface area contributed by atoms with Crippen LogP contribution in [0.3, 0.4) is 0 Å². The van der Waals surface area contributed by atoms with E-state index in [0.717, 1.165) is 6.42 Å². The second-order valence-electron chi connectivity index (χ2n) is 8.01. The molecule has 2 amide bonds. The van der Waals surface area contributed by atoms with Crippen molar-refractivity contribution in [2.45, 2.75) is 27.2 Å². The van der Waals surface area contributed by atoms with E-state index < -0.39 is 17.8 Å². The Morgan fingerprint density at radius 3 is 2.10 bits per heavy atom. The maximum absolute atomic E-state index is 12.6. The van der Waals surface area contributed by atoms with Gasteiger partial charge in [0, 0.05) is 5.69 Å². The molecule has 3 aromatic rings. The Balaban J connectivity index is 1.58. The van der Waals surface area contributed by atoms with Crippen molar-refractivity contribution in [1.29, 1.82) is 0 Å². The fraction of sp³-hybridized carbons (Fsp3) is 0.241. The Morgan fingerprint density at radius 2 is 1.44 bits per heavy atom. The van der Waals surface area contributed by atoms with E-state index in [1.165, 1.54) is 6.21 Å². The van der Waals surface area contributed by atoms with E-state index in [2.05, 4.69) is 15.8 Å². The van der Waals surface area contributed by atoms with Crippen LogP contribution in [0.15, 0.2) is 71.8 Å². The lowest BCUT2D eigenvalue weighted by Gasteiger charge is -2.12. The Bertz CT molecular complexity index is 1290. The van der Waals surface area contributed by atoms with Gasteiger partial charge >= 0.3 is 17.8 Å². The maximum Gasteiger partial charge on any atom is 0.343 e. The molecule has 0 bridgehead atoms. The number of amides is 2. The first-order valence-corrected chi connectivity index (χ1v) is 12.5. The molecule has 0 spiro atoms. The predicted molar refractivity (Wildman–Crippen MR) is 147 cm³/mol. The average molecular weight is 534 g/mol. The number of nitrogens with one attached hydrogen (secondary N) is 2. The van der Waals surface area contributed by atoms with Gasteiger partial charge in [0.05, 0.1) is 31.6 Å². The zero-order chi connectivity index (χ0) is 28.0. The highest BCUT2D eigenvalue weighted by Crippen LogP contribution is 2.29. The number of hydrazone groups is 1. The van der Waals surface area contributed by atoms with E-state index in [4.69, 9.17) is 18.9 Å². The summed E-state index contributed by atoms with van der Waals surface area (Å²) < 4.78 is 22.0. The molecule has 2 N–H and O–H groups in total. The molecule has 10 nitrogen and oxygen atoms in total. The predicted octanol–water partition coefficient (Wildman–Crippen LogP) is 4.58. The first-order valence-electron chi connectivity index (χ1n) is 12.5. The van der Waals surface area contributed by atoms with E-state index in [0.29, 0.717) is 53.9 Å². The van der Waals surface area contributed by atoms with Crippen LogP contribution in [0.4, 0.5) is 5.69 Å². The summed E-state index contributed by atoms with van der Waals surface area (Å²) in [4.78, 5) is 36.9. The third kappa shape index (κ3) is 8.89. The summed E-state index contributed by atoms with van der Waals surface area (Å²) in [5.41, 5.74) is 3.52. The molecule has 39 heavy (non-hydrogen) atoms. The molecule has 204 valence electrons. The van der Waals surface area contributed by atoms with Gasteiger partial charge in [0.1, 0.15) is 11.5 Å². The van der Waals surface area contributed by atoms with Crippen LogP contribution >= 0.6 is 0 Å². The van der Waals surface area contributed by atoms with Gasteiger partial charge in [0.2, 0.25) is 0 Å². The van der Waals surface area contributed by atoms with Crippen molar-refractivity contribution in [2.24, 2.45) is 5.10 Å². The molecule has 0 radical (unpaired) electrons. The highest BCUT2D eigenvalue weighted by atomic mass is 16.6. The van der Waals surface area contributed by atoms with E-state index in [1.807, 2.05) is 13.8 Å². The number of hydrogen-bond acceptors (Lipinski definition) is 8. The zero-order valence-electron chi connectivity index (χ0n) is 22.1. The molecule has 0 aliphatic rings. The van der Waals surface area contributed by atoms with Gasteiger partial charge in [-0.05, 0) is 92.6 Å². The molecule has 3 aromatic carbocycles. The first kappa shape index (κ1) is 28.7. The molecular weight excluding hydrogens is 502 g/mol.